The van der Waals surface area contributed by atoms with Gasteiger partial charge in [-0.25, -0.2) is 0 Å². The van der Waals surface area contributed by atoms with Crippen molar-refractivity contribution in [3.05, 3.63) is 34.9 Å². The minimum atomic E-state index is -0.886. The van der Waals surface area contributed by atoms with Crippen LogP contribution in [0.15, 0.2) is 24.3 Å². The lowest BCUT2D eigenvalue weighted by Gasteiger charge is -2.33. The van der Waals surface area contributed by atoms with Crippen LogP contribution in [0.1, 0.15) is 38.2 Å². The van der Waals surface area contributed by atoms with Gasteiger partial charge < -0.3 is 10.0 Å². The predicted molar refractivity (Wildman–Crippen MR) is 86.0 cm³/mol. The average molecular weight is 324 g/mol. The lowest BCUT2D eigenvalue weighted by molar-refractivity contribution is -0.143. The fourth-order valence-corrected chi connectivity index (χ4v) is 3.52. The minimum Gasteiger partial charge on any atom is -0.481 e. The van der Waals surface area contributed by atoms with Crippen molar-refractivity contribution < 1.29 is 14.7 Å². The summed E-state index contributed by atoms with van der Waals surface area (Å²) in [7, 11) is 1.69. The molecule has 1 unspecified atom stereocenters. The molecule has 0 heterocycles. The fraction of sp³-hybridized carbons (Fsp3) is 0.529. The third-order valence-electron chi connectivity index (χ3n) is 4.56. The van der Waals surface area contributed by atoms with Crippen molar-refractivity contribution in [1.29, 1.82) is 0 Å². The van der Waals surface area contributed by atoms with E-state index in [0.29, 0.717) is 5.02 Å². The Morgan fingerprint density at radius 3 is 2.55 bits per heavy atom. The van der Waals surface area contributed by atoms with Gasteiger partial charge in [-0.2, -0.15) is 0 Å². The van der Waals surface area contributed by atoms with Gasteiger partial charge in [0, 0.05) is 18.6 Å². The quantitative estimate of drug-likeness (QED) is 0.904. The molecule has 1 aromatic carbocycles. The molecule has 0 radical (unpaired) electrons. The number of hydrogen-bond acceptors (Lipinski definition) is 2. The molecule has 0 saturated heterocycles. The van der Waals surface area contributed by atoms with E-state index in [2.05, 4.69) is 0 Å². The van der Waals surface area contributed by atoms with E-state index in [1.54, 1.807) is 24.9 Å². The van der Waals surface area contributed by atoms with Gasteiger partial charge in [0.2, 0.25) is 5.91 Å². The highest BCUT2D eigenvalue weighted by atomic mass is 35.5. The van der Waals surface area contributed by atoms with Crippen LogP contribution in [0, 0.1) is 5.92 Å². The number of aliphatic carboxylic acids is 1. The van der Waals surface area contributed by atoms with Gasteiger partial charge in [0.25, 0.3) is 0 Å². The van der Waals surface area contributed by atoms with Crippen molar-refractivity contribution in [3.63, 3.8) is 0 Å². The zero-order valence-electron chi connectivity index (χ0n) is 13.0. The highest BCUT2D eigenvalue weighted by molar-refractivity contribution is 6.30. The van der Waals surface area contributed by atoms with Crippen molar-refractivity contribution in [2.45, 2.75) is 38.0 Å². The summed E-state index contributed by atoms with van der Waals surface area (Å²) in [6, 6.07) is 7.47. The van der Waals surface area contributed by atoms with E-state index < -0.39 is 17.3 Å². The Labute approximate surface area is 136 Å². The summed E-state index contributed by atoms with van der Waals surface area (Å²) in [5, 5.41) is 9.66. The van der Waals surface area contributed by atoms with Crippen LogP contribution >= 0.6 is 11.6 Å². The standard InChI is InChI=1S/C17H22ClNO3/c1-12(15(20)21)11-19(2)16(22)17(8-3-4-9-17)13-6-5-7-14(18)10-13/h5-7,10,12H,3-4,8-9,11H2,1-2H3,(H,20,21). The second kappa shape index (κ2) is 6.69. The van der Waals surface area contributed by atoms with Crippen LogP contribution in [-0.2, 0) is 15.0 Å². The van der Waals surface area contributed by atoms with E-state index in [-0.39, 0.29) is 12.5 Å². The fourth-order valence-electron chi connectivity index (χ4n) is 3.33. The van der Waals surface area contributed by atoms with E-state index >= 15 is 0 Å². The monoisotopic (exact) mass is 323 g/mol. The van der Waals surface area contributed by atoms with Crippen molar-refractivity contribution >= 4 is 23.5 Å². The van der Waals surface area contributed by atoms with Crippen LogP contribution in [0.5, 0.6) is 0 Å². The summed E-state index contributed by atoms with van der Waals surface area (Å²) < 4.78 is 0. The summed E-state index contributed by atoms with van der Waals surface area (Å²) >= 11 is 6.09. The zero-order chi connectivity index (χ0) is 16.3. The maximum Gasteiger partial charge on any atom is 0.308 e. The third kappa shape index (κ3) is 3.27. The van der Waals surface area contributed by atoms with Gasteiger partial charge in [-0.05, 0) is 30.5 Å². The van der Waals surface area contributed by atoms with E-state index in [1.807, 2.05) is 18.2 Å². The van der Waals surface area contributed by atoms with Gasteiger partial charge in [0.05, 0.1) is 11.3 Å². The van der Waals surface area contributed by atoms with Gasteiger partial charge in [0.1, 0.15) is 0 Å². The Bertz CT molecular complexity index is 567. The van der Waals surface area contributed by atoms with Gasteiger partial charge in [-0.15, -0.1) is 0 Å². The highest BCUT2D eigenvalue weighted by Gasteiger charge is 2.44. The molecule has 1 aromatic rings. The molecule has 0 aliphatic heterocycles. The number of rotatable bonds is 5. The number of nitrogens with zero attached hydrogens (tertiary/aromatic N) is 1. The van der Waals surface area contributed by atoms with Crippen molar-refractivity contribution in [2.24, 2.45) is 5.92 Å². The summed E-state index contributed by atoms with van der Waals surface area (Å²) in [5.41, 5.74) is 0.384. The van der Waals surface area contributed by atoms with Gasteiger partial charge in [0.15, 0.2) is 0 Å². The maximum absolute atomic E-state index is 13.0. The molecule has 1 aliphatic carbocycles. The Kier molecular flexibility index (Phi) is 5.12. The van der Waals surface area contributed by atoms with Crippen LogP contribution < -0.4 is 0 Å². The van der Waals surface area contributed by atoms with E-state index in [9.17, 15) is 9.59 Å². The smallest absolute Gasteiger partial charge is 0.308 e. The van der Waals surface area contributed by atoms with Crippen molar-refractivity contribution in [2.75, 3.05) is 13.6 Å². The highest BCUT2D eigenvalue weighted by Crippen LogP contribution is 2.43. The molecular formula is C17H22ClNO3. The molecule has 0 spiro atoms. The van der Waals surface area contributed by atoms with Crippen LogP contribution in [0.4, 0.5) is 0 Å². The number of carbonyl (C=O) groups excluding carboxylic acids is 1. The Balaban J connectivity index is 2.27. The molecule has 5 heteroatoms. The molecule has 0 aromatic heterocycles. The summed E-state index contributed by atoms with van der Waals surface area (Å²) in [6.45, 7) is 1.84. The van der Waals surface area contributed by atoms with Gasteiger partial charge in [-0.3, -0.25) is 9.59 Å². The SMILES string of the molecule is CC(CN(C)C(=O)C1(c2cccc(Cl)c2)CCCC1)C(=O)O. The first-order valence-electron chi connectivity index (χ1n) is 7.61. The van der Waals surface area contributed by atoms with Gasteiger partial charge in [-0.1, -0.05) is 43.5 Å². The van der Waals surface area contributed by atoms with Gasteiger partial charge >= 0.3 is 5.97 Å². The minimum absolute atomic E-state index is 0.000340. The normalized spacial score (nSPS) is 18.0. The van der Waals surface area contributed by atoms with Crippen molar-refractivity contribution in [3.8, 4) is 0 Å². The summed E-state index contributed by atoms with van der Waals surface area (Å²) in [6.07, 6.45) is 3.58. The Morgan fingerprint density at radius 2 is 2.00 bits per heavy atom. The predicted octanol–water partition coefficient (Wildman–Crippen LogP) is 3.33. The number of carboxylic acids is 1. The summed E-state index contributed by atoms with van der Waals surface area (Å²) in [5.74, 6) is -1.46. The number of carboxylic acid groups (broad SMARTS) is 1. The zero-order valence-corrected chi connectivity index (χ0v) is 13.8. The van der Waals surface area contributed by atoms with E-state index in [1.165, 1.54) is 0 Å². The van der Waals surface area contributed by atoms with Crippen LogP contribution in [0.2, 0.25) is 5.02 Å². The second-order valence-electron chi connectivity index (χ2n) is 6.22. The second-order valence-corrected chi connectivity index (χ2v) is 6.66. The number of carbonyl (C=O) groups is 2. The molecule has 1 aliphatic rings. The van der Waals surface area contributed by atoms with Crippen molar-refractivity contribution in [1.82, 2.24) is 4.90 Å². The molecule has 2 rings (SSSR count). The number of benzene rings is 1. The third-order valence-corrected chi connectivity index (χ3v) is 4.79. The molecule has 1 N–H and O–H groups in total. The first kappa shape index (κ1) is 16.8. The van der Waals surface area contributed by atoms with E-state index in [4.69, 9.17) is 16.7 Å². The maximum atomic E-state index is 13.0. The lowest BCUT2D eigenvalue weighted by atomic mass is 9.77. The summed E-state index contributed by atoms with van der Waals surface area (Å²) in [4.78, 5) is 25.6. The molecule has 22 heavy (non-hydrogen) atoms. The number of halogens is 1. The molecule has 1 saturated carbocycles. The molecule has 120 valence electrons. The average Bonchev–Trinajstić information content (AvgIpc) is 2.97. The molecule has 1 amide bonds. The molecule has 4 nitrogen and oxygen atoms in total. The molecule has 1 atom stereocenters. The molecule has 0 bridgehead atoms. The topological polar surface area (TPSA) is 57.6 Å². The first-order valence-corrected chi connectivity index (χ1v) is 7.99. The number of hydrogen-bond donors (Lipinski definition) is 1. The first-order chi connectivity index (χ1) is 10.4. The number of likely N-dealkylation sites (N-methyl/N-ethyl adjacent to an activating group) is 1. The Morgan fingerprint density at radius 1 is 1.36 bits per heavy atom. The van der Waals surface area contributed by atoms with E-state index in [0.717, 1.165) is 31.2 Å². The van der Waals surface area contributed by atoms with Crippen LogP contribution in [-0.4, -0.2) is 35.5 Å². The van der Waals surface area contributed by atoms with Crippen LogP contribution in [0.25, 0.3) is 0 Å². The largest absolute Gasteiger partial charge is 0.481 e. The van der Waals surface area contributed by atoms with Crippen LogP contribution in [0.3, 0.4) is 0 Å². The Hall–Kier alpha value is -1.55. The lowest BCUT2D eigenvalue weighted by Crippen LogP contribution is -2.45. The molecular weight excluding hydrogens is 302 g/mol. The number of amides is 1. The molecule has 1 fully saturated rings.